The summed E-state index contributed by atoms with van der Waals surface area (Å²) < 4.78 is 32.9. The van der Waals surface area contributed by atoms with E-state index in [1.165, 1.54) is 0 Å². The fourth-order valence-corrected chi connectivity index (χ4v) is 4.89. The minimum Gasteiger partial charge on any atom is -0.497 e. The number of hydrogen-bond acceptors (Lipinski definition) is 3. The number of rotatable bonds is 4. The Bertz CT molecular complexity index is 828. The first-order chi connectivity index (χ1) is 11.5. The maximum atomic E-state index is 13.0. The molecule has 0 amide bonds. The first-order valence-electron chi connectivity index (χ1n) is 8.25. The smallest absolute Gasteiger partial charge is 0.243 e. The minimum atomic E-state index is -3.49. The van der Waals surface area contributed by atoms with Gasteiger partial charge in [0.1, 0.15) is 5.75 Å². The van der Waals surface area contributed by atoms with Gasteiger partial charge in [0.15, 0.2) is 0 Å². The van der Waals surface area contributed by atoms with Crippen molar-refractivity contribution in [2.45, 2.75) is 37.6 Å². The second-order valence-electron chi connectivity index (χ2n) is 6.10. The summed E-state index contributed by atoms with van der Waals surface area (Å²) in [6, 6.07) is 12.9. The molecule has 3 rings (SSSR count). The molecule has 0 aromatic heterocycles. The van der Waals surface area contributed by atoms with Crippen molar-refractivity contribution in [3.63, 3.8) is 0 Å². The van der Waals surface area contributed by atoms with Crippen LogP contribution >= 0.6 is 0 Å². The van der Waals surface area contributed by atoms with Crippen molar-refractivity contribution in [1.82, 2.24) is 4.31 Å². The van der Waals surface area contributed by atoms with E-state index in [4.69, 9.17) is 4.74 Å². The molecule has 1 atom stereocenters. The zero-order valence-electron chi connectivity index (χ0n) is 14.3. The lowest BCUT2D eigenvalue weighted by Gasteiger charge is -2.34. The van der Waals surface area contributed by atoms with E-state index < -0.39 is 10.0 Å². The topological polar surface area (TPSA) is 46.6 Å². The minimum absolute atomic E-state index is 0.185. The monoisotopic (exact) mass is 345 g/mol. The molecule has 2 aromatic carbocycles. The Morgan fingerprint density at radius 2 is 1.88 bits per heavy atom. The van der Waals surface area contributed by atoms with Gasteiger partial charge in [-0.1, -0.05) is 25.1 Å². The van der Waals surface area contributed by atoms with E-state index in [2.05, 4.69) is 6.92 Å². The first kappa shape index (κ1) is 17.0. The Morgan fingerprint density at radius 3 is 2.50 bits per heavy atom. The zero-order valence-corrected chi connectivity index (χ0v) is 15.1. The molecule has 0 bridgehead atoms. The predicted molar refractivity (Wildman–Crippen MR) is 94.8 cm³/mol. The predicted octanol–water partition coefficient (Wildman–Crippen LogP) is 3.57. The molecule has 2 aromatic rings. The van der Waals surface area contributed by atoms with Crippen molar-refractivity contribution in [2.75, 3.05) is 13.7 Å². The van der Waals surface area contributed by atoms with Crippen LogP contribution in [0.2, 0.25) is 0 Å². The number of ether oxygens (including phenoxy) is 1. The highest BCUT2D eigenvalue weighted by Crippen LogP contribution is 2.35. The van der Waals surface area contributed by atoms with Gasteiger partial charge in [-0.25, -0.2) is 8.42 Å². The molecule has 0 fully saturated rings. The van der Waals surface area contributed by atoms with Crippen LogP contribution < -0.4 is 4.74 Å². The quantitative estimate of drug-likeness (QED) is 0.851. The van der Waals surface area contributed by atoms with Gasteiger partial charge in [-0.05, 0) is 60.7 Å². The summed E-state index contributed by atoms with van der Waals surface area (Å²) in [6.45, 7) is 4.49. The summed E-state index contributed by atoms with van der Waals surface area (Å²) in [4.78, 5) is 0.364. The van der Waals surface area contributed by atoms with Crippen molar-refractivity contribution in [3.8, 4) is 5.75 Å². The average Bonchev–Trinajstić information content (AvgIpc) is 2.61. The Labute approximate surface area is 144 Å². The summed E-state index contributed by atoms with van der Waals surface area (Å²) in [7, 11) is -1.85. The standard InChI is InChI=1S/C19H23NO3S/c1-4-15-5-8-18(9-6-15)24(21,22)20-12-11-16-13-17(23-3)7-10-19(16)14(20)2/h5-10,13-14H,4,11-12H2,1-3H3. The molecule has 5 heteroatoms. The molecule has 24 heavy (non-hydrogen) atoms. The van der Waals surface area contributed by atoms with E-state index in [9.17, 15) is 8.42 Å². The van der Waals surface area contributed by atoms with Crippen molar-refractivity contribution in [3.05, 3.63) is 59.2 Å². The molecule has 0 aliphatic carbocycles. The maximum Gasteiger partial charge on any atom is 0.243 e. The Kier molecular flexibility index (Phi) is 4.65. The van der Waals surface area contributed by atoms with E-state index in [0.717, 1.165) is 28.9 Å². The molecule has 1 aliphatic rings. The second-order valence-corrected chi connectivity index (χ2v) is 7.99. The van der Waals surface area contributed by atoms with Gasteiger partial charge in [-0.15, -0.1) is 0 Å². The van der Waals surface area contributed by atoms with E-state index in [-0.39, 0.29) is 6.04 Å². The third kappa shape index (κ3) is 2.94. The number of hydrogen-bond donors (Lipinski definition) is 0. The highest BCUT2D eigenvalue weighted by atomic mass is 32.2. The fourth-order valence-electron chi connectivity index (χ4n) is 3.27. The van der Waals surface area contributed by atoms with Crippen LogP contribution in [0.15, 0.2) is 47.4 Å². The van der Waals surface area contributed by atoms with Crippen molar-refractivity contribution in [2.24, 2.45) is 0 Å². The lowest BCUT2D eigenvalue weighted by molar-refractivity contribution is 0.325. The third-order valence-corrected chi connectivity index (χ3v) is 6.76. The summed E-state index contributed by atoms with van der Waals surface area (Å²) in [6.07, 6.45) is 1.60. The van der Waals surface area contributed by atoms with Crippen molar-refractivity contribution in [1.29, 1.82) is 0 Å². The van der Waals surface area contributed by atoms with E-state index >= 15 is 0 Å². The van der Waals surface area contributed by atoms with Crippen LogP contribution in [0.25, 0.3) is 0 Å². The molecule has 0 radical (unpaired) electrons. The number of benzene rings is 2. The highest BCUT2D eigenvalue weighted by molar-refractivity contribution is 7.89. The number of methoxy groups -OCH3 is 1. The van der Waals surface area contributed by atoms with E-state index in [1.807, 2.05) is 37.3 Å². The van der Waals surface area contributed by atoms with E-state index in [1.54, 1.807) is 23.5 Å². The summed E-state index contributed by atoms with van der Waals surface area (Å²) >= 11 is 0. The normalized spacial score (nSPS) is 18.2. The molecular formula is C19H23NO3S. The van der Waals surface area contributed by atoms with Gasteiger partial charge < -0.3 is 4.74 Å². The van der Waals surface area contributed by atoms with Gasteiger partial charge in [0.25, 0.3) is 0 Å². The molecule has 1 aliphatic heterocycles. The van der Waals surface area contributed by atoms with Gasteiger partial charge in [0.2, 0.25) is 10.0 Å². The van der Waals surface area contributed by atoms with Crippen LogP contribution in [0.3, 0.4) is 0 Å². The van der Waals surface area contributed by atoms with Gasteiger partial charge in [0.05, 0.1) is 12.0 Å². The summed E-state index contributed by atoms with van der Waals surface area (Å²) in [5.74, 6) is 0.812. The number of fused-ring (bicyclic) bond motifs is 1. The van der Waals surface area contributed by atoms with Gasteiger partial charge in [0, 0.05) is 12.6 Å². The van der Waals surface area contributed by atoms with Gasteiger partial charge in [-0.2, -0.15) is 4.31 Å². The summed E-state index contributed by atoms with van der Waals surface area (Å²) in [5, 5.41) is 0. The molecule has 1 heterocycles. The summed E-state index contributed by atoms with van der Waals surface area (Å²) in [5.41, 5.74) is 3.35. The van der Waals surface area contributed by atoms with E-state index in [0.29, 0.717) is 17.9 Å². The first-order valence-corrected chi connectivity index (χ1v) is 9.69. The van der Waals surface area contributed by atoms with Crippen molar-refractivity contribution < 1.29 is 13.2 Å². The largest absolute Gasteiger partial charge is 0.497 e. The fraction of sp³-hybridized carbons (Fsp3) is 0.368. The Balaban J connectivity index is 1.94. The zero-order chi connectivity index (χ0) is 17.3. The molecular weight excluding hydrogens is 322 g/mol. The molecule has 1 unspecified atom stereocenters. The lowest BCUT2D eigenvalue weighted by Crippen LogP contribution is -2.38. The van der Waals surface area contributed by atoms with Crippen LogP contribution in [0.4, 0.5) is 0 Å². The second kappa shape index (κ2) is 6.57. The Hall–Kier alpha value is -1.85. The SMILES string of the molecule is CCc1ccc(S(=O)(=O)N2CCc3cc(OC)ccc3C2C)cc1. The number of nitrogens with zero attached hydrogens (tertiary/aromatic N) is 1. The lowest BCUT2D eigenvalue weighted by atomic mass is 9.95. The van der Waals surface area contributed by atoms with Gasteiger partial charge in [-0.3, -0.25) is 0 Å². The third-order valence-electron chi connectivity index (χ3n) is 4.77. The van der Waals surface area contributed by atoms with Crippen LogP contribution in [-0.2, 0) is 22.9 Å². The highest BCUT2D eigenvalue weighted by Gasteiger charge is 2.33. The number of sulfonamides is 1. The number of aryl methyl sites for hydroxylation is 1. The van der Waals surface area contributed by atoms with Crippen LogP contribution in [0, 0.1) is 0 Å². The van der Waals surface area contributed by atoms with Gasteiger partial charge >= 0.3 is 0 Å². The average molecular weight is 345 g/mol. The molecule has 0 spiro atoms. The Morgan fingerprint density at radius 1 is 1.17 bits per heavy atom. The molecule has 0 N–H and O–H groups in total. The van der Waals surface area contributed by atoms with Crippen LogP contribution in [0.1, 0.15) is 36.6 Å². The molecule has 4 nitrogen and oxygen atoms in total. The van der Waals surface area contributed by atoms with Crippen LogP contribution in [0.5, 0.6) is 5.75 Å². The molecule has 0 saturated carbocycles. The maximum absolute atomic E-state index is 13.0. The van der Waals surface area contributed by atoms with Crippen LogP contribution in [-0.4, -0.2) is 26.4 Å². The molecule has 0 saturated heterocycles. The van der Waals surface area contributed by atoms with Crippen molar-refractivity contribution >= 4 is 10.0 Å². The molecule has 128 valence electrons.